The first-order valence-corrected chi connectivity index (χ1v) is 6.59. The van der Waals surface area contributed by atoms with E-state index in [-0.39, 0.29) is 0 Å². The van der Waals surface area contributed by atoms with Gasteiger partial charge in [-0.15, -0.1) is 21.5 Å². The van der Waals surface area contributed by atoms with Crippen molar-refractivity contribution in [3.63, 3.8) is 0 Å². The van der Waals surface area contributed by atoms with E-state index in [1.54, 1.807) is 34.4 Å². The van der Waals surface area contributed by atoms with Crippen molar-refractivity contribution in [2.24, 2.45) is 0 Å². The van der Waals surface area contributed by atoms with Crippen molar-refractivity contribution in [2.75, 3.05) is 12.4 Å². The molecule has 74 valence electrons. The van der Waals surface area contributed by atoms with Crippen LogP contribution in [-0.4, -0.2) is 22.2 Å². The quantitative estimate of drug-likeness (QED) is 0.837. The lowest BCUT2D eigenvalue weighted by atomic mass is 10.9. The zero-order chi connectivity index (χ0) is 9.80. The first-order chi connectivity index (χ1) is 6.88. The summed E-state index contributed by atoms with van der Waals surface area (Å²) >= 11 is 4.92. The van der Waals surface area contributed by atoms with Gasteiger partial charge in [-0.1, -0.05) is 23.1 Å². The Balaban J connectivity index is 1.92. The molecule has 0 atom stereocenters. The molecule has 0 radical (unpaired) electrons. The second-order valence-electron chi connectivity index (χ2n) is 2.34. The number of nitrogens with one attached hydrogen (secondary N) is 1. The minimum Gasteiger partial charge on any atom is -0.363 e. The number of hydrogen-bond acceptors (Lipinski definition) is 7. The second kappa shape index (κ2) is 4.72. The van der Waals surface area contributed by atoms with Crippen LogP contribution in [0, 0.1) is 0 Å². The maximum atomic E-state index is 4.18. The summed E-state index contributed by atoms with van der Waals surface area (Å²) < 4.78 is 1.08. The van der Waals surface area contributed by atoms with Crippen molar-refractivity contribution in [3.8, 4) is 0 Å². The molecule has 1 N–H and O–H groups in total. The van der Waals surface area contributed by atoms with Crippen LogP contribution in [0.3, 0.4) is 0 Å². The summed E-state index contributed by atoms with van der Waals surface area (Å²) in [7, 11) is 1.85. The average Bonchev–Trinajstić information content (AvgIpc) is 2.86. The number of hydrogen-bond donors (Lipinski definition) is 1. The summed E-state index contributed by atoms with van der Waals surface area (Å²) in [6.45, 7) is 0. The van der Waals surface area contributed by atoms with Crippen molar-refractivity contribution in [1.82, 2.24) is 15.2 Å². The van der Waals surface area contributed by atoms with Gasteiger partial charge in [0.05, 0.1) is 5.75 Å². The molecule has 0 spiro atoms. The minimum atomic E-state index is 0.840. The Morgan fingerprint density at radius 3 is 3.07 bits per heavy atom. The summed E-state index contributed by atoms with van der Waals surface area (Å²) in [5.41, 5.74) is 0. The van der Waals surface area contributed by atoms with E-state index in [9.17, 15) is 0 Å². The lowest BCUT2D eigenvalue weighted by Crippen LogP contribution is -1.84. The summed E-state index contributed by atoms with van der Waals surface area (Å²) in [4.78, 5) is 4.18. The maximum Gasteiger partial charge on any atom is 0.205 e. The topological polar surface area (TPSA) is 50.7 Å². The van der Waals surface area contributed by atoms with Gasteiger partial charge in [0.2, 0.25) is 5.13 Å². The molecule has 0 aliphatic carbocycles. The molecular weight excluding hydrogens is 236 g/mol. The highest BCUT2D eigenvalue weighted by Gasteiger charge is 2.04. The van der Waals surface area contributed by atoms with Crippen molar-refractivity contribution in [2.45, 2.75) is 10.1 Å². The molecule has 0 saturated heterocycles. The Morgan fingerprint density at radius 1 is 1.50 bits per heavy atom. The van der Waals surface area contributed by atoms with E-state index in [2.05, 4.69) is 20.5 Å². The first-order valence-electron chi connectivity index (χ1n) is 3.91. The third-order valence-electron chi connectivity index (χ3n) is 1.41. The van der Waals surface area contributed by atoms with Crippen LogP contribution >= 0.6 is 34.4 Å². The fraction of sp³-hybridized carbons (Fsp3) is 0.286. The van der Waals surface area contributed by atoms with Crippen LogP contribution in [-0.2, 0) is 5.75 Å². The molecule has 2 rings (SSSR count). The Bertz CT molecular complexity index is 383. The van der Waals surface area contributed by atoms with E-state index in [4.69, 9.17) is 0 Å². The van der Waals surface area contributed by atoms with Gasteiger partial charge in [0.25, 0.3) is 0 Å². The second-order valence-corrected chi connectivity index (χ2v) is 5.52. The number of nitrogens with zero attached hydrogens (tertiary/aromatic N) is 3. The molecule has 2 aromatic heterocycles. The smallest absolute Gasteiger partial charge is 0.205 e. The molecule has 0 fully saturated rings. The zero-order valence-electron chi connectivity index (χ0n) is 7.43. The predicted octanol–water partition coefficient (Wildman–Crippen LogP) is 2.33. The average molecular weight is 244 g/mol. The Kier molecular flexibility index (Phi) is 3.33. The monoisotopic (exact) mass is 244 g/mol. The number of aromatic nitrogens is 3. The fourth-order valence-corrected chi connectivity index (χ4v) is 3.13. The van der Waals surface area contributed by atoms with Gasteiger partial charge < -0.3 is 5.32 Å². The first kappa shape index (κ1) is 9.88. The summed E-state index contributed by atoms with van der Waals surface area (Å²) in [5, 5.41) is 14.8. The number of thiazole rings is 1. The van der Waals surface area contributed by atoms with Gasteiger partial charge in [-0.25, -0.2) is 4.98 Å². The van der Waals surface area contributed by atoms with Crippen LogP contribution in [0.25, 0.3) is 0 Å². The zero-order valence-corrected chi connectivity index (χ0v) is 9.88. The molecule has 0 bridgehead atoms. The number of rotatable bonds is 4. The van der Waals surface area contributed by atoms with E-state index in [1.165, 1.54) is 0 Å². The van der Waals surface area contributed by atoms with Gasteiger partial charge in [-0.05, 0) is 0 Å². The van der Waals surface area contributed by atoms with E-state index in [0.717, 1.165) is 20.2 Å². The van der Waals surface area contributed by atoms with Gasteiger partial charge in [0.15, 0.2) is 0 Å². The van der Waals surface area contributed by atoms with Crippen molar-refractivity contribution in [1.29, 1.82) is 0 Å². The highest BCUT2D eigenvalue weighted by atomic mass is 32.2. The van der Waals surface area contributed by atoms with Gasteiger partial charge in [-0.2, -0.15) is 0 Å². The molecule has 0 aliphatic heterocycles. The molecule has 7 heteroatoms. The maximum absolute atomic E-state index is 4.18. The largest absolute Gasteiger partial charge is 0.363 e. The molecule has 14 heavy (non-hydrogen) atoms. The van der Waals surface area contributed by atoms with Crippen LogP contribution < -0.4 is 5.32 Å². The molecule has 0 aliphatic rings. The van der Waals surface area contributed by atoms with E-state index >= 15 is 0 Å². The molecule has 0 saturated carbocycles. The van der Waals surface area contributed by atoms with Crippen LogP contribution in [0.1, 0.15) is 5.01 Å². The Morgan fingerprint density at radius 2 is 2.43 bits per heavy atom. The van der Waals surface area contributed by atoms with Crippen LogP contribution in [0.2, 0.25) is 0 Å². The number of anilines is 1. The molecule has 4 nitrogen and oxygen atoms in total. The molecule has 2 heterocycles. The Hall–Kier alpha value is -0.660. The predicted molar refractivity (Wildman–Crippen MR) is 61.1 cm³/mol. The summed E-state index contributed by atoms with van der Waals surface area (Å²) in [6, 6.07) is 0. The van der Waals surface area contributed by atoms with Crippen molar-refractivity contribution < 1.29 is 0 Å². The van der Waals surface area contributed by atoms with Crippen LogP contribution in [0.5, 0.6) is 0 Å². The van der Waals surface area contributed by atoms with Gasteiger partial charge in [0, 0.05) is 18.6 Å². The summed E-state index contributed by atoms with van der Waals surface area (Å²) in [6.07, 6.45) is 1.81. The normalized spacial score (nSPS) is 10.4. The minimum absolute atomic E-state index is 0.840. The lowest BCUT2D eigenvalue weighted by Gasteiger charge is -1.90. The standard InChI is InChI=1S/C7H8N4S3/c1-8-6-11-10-5(14-6)4-13-7-9-2-3-12-7/h2-3H,4H2,1H3,(H,8,11). The molecule has 0 aromatic carbocycles. The SMILES string of the molecule is CNc1nnc(CSc2nccs2)s1. The van der Waals surface area contributed by atoms with Crippen LogP contribution in [0.4, 0.5) is 5.13 Å². The summed E-state index contributed by atoms with van der Waals surface area (Å²) in [5.74, 6) is 0.840. The van der Waals surface area contributed by atoms with Crippen molar-refractivity contribution in [3.05, 3.63) is 16.6 Å². The molecule has 2 aromatic rings. The lowest BCUT2D eigenvalue weighted by molar-refractivity contribution is 1.04. The third-order valence-corrected chi connectivity index (χ3v) is 4.51. The molecule has 0 unspecified atom stereocenters. The van der Waals surface area contributed by atoms with Gasteiger partial charge in [0.1, 0.15) is 9.35 Å². The van der Waals surface area contributed by atoms with E-state index in [0.29, 0.717) is 0 Å². The van der Waals surface area contributed by atoms with Crippen LogP contribution in [0.15, 0.2) is 15.9 Å². The Labute approximate surface area is 93.8 Å². The molecular formula is C7H8N4S3. The van der Waals surface area contributed by atoms with E-state index < -0.39 is 0 Å². The third kappa shape index (κ3) is 2.43. The highest BCUT2D eigenvalue weighted by Crippen LogP contribution is 2.26. The highest BCUT2D eigenvalue weighted by molar-refractivity contribution is 8.00. The van der Waals surface area contributed by atoms with Crippen molar-refractivity contribution >= 4 is 39.6 Å². The van der Waals surface area contributed by atoms with Gasteiger partial charge in [-0.3, -0.25) is 0 Å². The molecule has 0 amide bonds. The van der Waals surface area contributed by atoms with Gasteiger partial charge >= 0.3 is 0 Å². The fourth-order valence-electron chi connectivity index (χ4n) is 0.818. The van der Waals surface area contributed by atoms with E-state index in [1.807, 2.05) is 18.6 Å². The number of thioether (sulfide) groups is 1.